The lowest BCUT2D eigenvalue weighted by atomic mass is 10.1. The summed E-state index contributed by atoms with van der Waals surface area (Å²) >= 11 is 5.96. The highest BCUT2D eigenvalue weighted by molar-refractivity contribution is 6.31. The van der Waals surface area contributed by atoms with Gasteiger partial charge in [0.05, 0.1) is 21.3 Å². The van der Waals surface area contributed by atoms with Crippen LogP contribution in [0.5, 0.6) is 17.2 Å². The molecule has 1 N–H and O–H groups in total. The summed E-state index contributed by atoms with van der Waals surface area (Å²) in [4.78, 5) is 25.0. The van der Waals surface area contributed by atoms with Gasteiger partial charge in [-0.3, -0.25) is 4.79 Å². The smallest absolute Gasteiger partial charge is 0.342 e. The van der Waals surface area contributed by atoms with Crippen LogP contribution in [0.4, 0.5) is 5.69 Å². The van der Waals surface area contributed by atoms with Crippen LogP contribution in [0.1, 0.15) is 22.8 Å². The lowest BCUT2D eigenvalue weighted by Gasteiger charge is -2.17. The number of carbonyl (C=O) groups is 2. The summed E-state index contributed by atoms with van der Waals surface area (Å²) in [7, 11) is 4.30. The summed E-state index contributed by atoms with van der Waals surface area (Å²) in [5.41, 5.74) is 1.49. The highest BCUT2D eigenvalue weighted by Crippen LogP contribution is 2.40. The van der Waals surface area contributed by atoms with Crippen LogP contribution in [-0.4, -0.2) is 39.3 Å². The standard InChI is InChI=1S/C20H22ClNO6/c1-11-6-7-13(21)10-15(11)22-19(23)12(2)28-20(24)14-8-9-16(25-3)18(27-5)17(14)26-4/h6-10,12H,1-5H3,(H,22,23). The molecule has 0 aliphatic heterocycles. The quantitative estimate of drug-likeness (QED) is 0.702. The minimum Gasteiger partial charge on any atom is -0.493 e. The van der Waals surface area contributed by atoms with Crippen LogP contribution in [0.3, 0.4) is 0 Å². The number of ether oxygens (including phenoxy) is 4. The van der Waals surface area contributed by atoms with E-state index in [0.717, 1.165) is 5.56 Å². The van der Waals surface area contributed by atoms with Gasteiger partial charge in [0.15, 0.2) is 17.6 Å². The molecule has 0 aliphatic carbocycles. The van der Waals surface area contributed by atoms with Crippen molar-refractivity contribution in [3.05, 3.63) is 46.5 Å². The second kappa shape index (κ2) is 9.32. The minimum atomic E-state index is -1.05. The Hall–Kier alpha value is -2.93. The molecular formula is C20H22ClNO6. The largest absolute Gasteiger partial charge is 0.493 e. The van der Waals surface area contributed by atoms with Crippen LogP contribution in [0.15, 0.2) is 30.3 Å². The molecular weight excluding hydrogens is 386 g/mol. The number of hydrogen-bond acceptors (Lipinski definition) is 6. The number of benzene rings is 2. The summed E-state index contributed by atoms with van der Waals surface area (Å²) in [5, 5.41) is 3.19. The molecule has 0 aliphatic rings. The molecule has 0 saturated heterocycles. The first-order valence-corrected chi connectivity index (χ1v) is 8.77. The van der Waals surface area contributed by atoms with E-state index < -0.39 is 18.0 Å². The maximum absolute atomic E-state index is 12.6. The highest BCUT2D eigenvalue weighted by Gasteiger charge is 2.25. The van der Waals surface area contributed by atoms with Gasteiger partial charge in [0.2, 0.25) is 5.75 Å². The fourth-order valence-electron chi connectivity index (χ4n) is 2.50. The van der Waals surface area contributed by atoms with Crippen molar-refractivity contribution in [1.82, 2.24) is 0 Å². The van der Waals surface area contributed by atoms with E-state index in [9.17, 15) is 9.59 Å². The molecule has 7 nitrogen and oxygen atoms in total. The van der Waals surface area contributed by atoms with E-state index in [-0.39, 0.29) is 17.1 Å². The van der Waals surface area contributed by atoms with Crippen molar-refractivity contribution in [2.24, 2.45) is 0 Å². The van der Waals surface area contributed by atoms with Crippen LogP contribution in [0, 0.1) is 6.92 Å². The van der Waals surface area contributed by atoms with Gasteiger partial charge in [0.25, 0.3) is 5.91 Å². The van der Waals surface area contributed by atoms with Crippen LogP contribution in [0.2, 0.25) is 5.02 Å². The van der Waals surface area contributed by atoms with Gasteiger partial charge in [-0.1, -0.05) is 17.7 Å². The van der Waals surface area contributed by atoms with Gasteiger partial charge in [-0.2, -0.15) is 0 Å². The number of anilines is 1. The number of hydrogen-bond donors (Lipinski definition) is 1. The van der Waals surface area contributed by atoms with Crippen molar-refractivity contribution in [3.63, 3.8) is 0 Å². The van der Waals surface area contributed by atoms with E-state index in [4.69, 9.17) is 30.5 Å². The van der Waals surface area contributed by atoms with Gasteiger partial charge in [-0.05, 0) is 43.7 Å². The molecule has 0 spiro atoms. The molecule has 1 amide bonds. The summed E-state index contributed by atoms with van der Waals surface area (Å²) in [6.45, 7) is 3.30. The summed E-state index contributed by atoms with van der Waals surface area (Å²) in [6.07, 6.45) is -1.05. The second-order valence-corrected chi connectivity index (χ2v) is 6.31. The fourth-order valence-corrected chi connectivity index (χ4v) is 2.67. The Balaban J connectivity index is 2.18. The maximum Gasteiger partial charge on any atom is 0.342 e. The molecule has 0 aromatic heterocycles. The number of amides is 1. The van der Waals surface area contributed by atoms with Crippen LogP contribution >= 0.6 is 11.6 Å². The molecule has 0 fully saturated rings. The average molecular weight is 408 g/mol. The van der Waals surface area contributed by atoms with Crippen molar-refractivity contribution in [1.29, 1.82) is 0 Å². The number of esters is 1. The van der Waals surface area contributed by atoms with E-state index in [2.05, 4.69) is 5.32 Å². The van der Waals surface area contributed by atoms with Crippen molar-refractivity contribution >= 4 is 29.2 Å². The Labute approximate surface area is 168 Å². The van der Waals surface area contributed by atoms with E-state index in [1.807, 2.05) is 6.92 Å². The first-order chi connectivity index (χ1) is 13.3. The number of carbonyl (C=O) groups excluding carboxylic acids is 2. The first-order valence-electron chi connectivity index (χ1n) is 8.39. The normalized spacial score (nSPS) is 11.4. The molecule has 0 heterocycles. The zero-order valence-electron chi connectivity index (χ0n) is 16.3. The number of rotatable bonds is 7. The molecule has 2 aromatic rings. The number of methoxy groups -OCH3 is 3. The zero-order chi connectivity index (χ0) is 20.8. The van der Waals surface area contributed by atoms with Crippen LogP contribution < -0.4 is 19.5 Å². The Bertz CT molecular complexity index is 883. The van der Waals surface area contributed by atoms with E-state index in [0.29, 0.717) is 16.5 Å². The minimum absolute atomic E-state index is 0.110. The van der Waals surface area contributed by atoms with Gasteiger partial charge in [-0.15, -0.1) is 0 Å². The van der Waals surface area contributed by atoms with E-state index >= 15 is 0 Å². The summed E-state index contributed by atoms with van der Waals surface area (Å²) in [6, 6.07) is 8.16. The van der Waals surface area contributed by atoms with E-state index in [1.54, 1.807) is 24.3 Å². The Morgan fingerprint density at radius 3 is 2.29 bits per heavy atom. The maximum atomic E-state index is 12.6. The lowest BCUT2D eigenvalue weighted by molar-refractivity contribution is -0.123. The number of halogens is 1. The SMILES string of the molecule is COc1ccc(C(=O)OC(C)C(=O)Nc2cc(Cl)ccc2C)c(OC)c1OC. The fraction of sp³-hybridized carbons (Fsp3) is 0.300. The second-order valence-electron chi connectivity index (χ2n) is 5.88. The van der Waals surface area contributed by atoms with Crippen molar-refractivity contribution in [3.8, 4) is 17.2 Å². The number of nitrogens with one attached hydrogen (secondary N) is 1. The first kappa shape index (κ1) is 21.4. The predicted molar refractivity (Wildman–Crippen MR) is 106 cm³/mol. The molecule has 28 heavy (non-hydrogen) atoms. The molecule has 150 valence electrons. The Morgan fingerprint density at radius 2 is 1.68 bits per heavy atom. The van der Waals surface area contributed by atoms with E-state index in [1.165, 1.54) is 34.3 Å². The Kier molecular flexibility index (Phi) is 7.12. The lowest BCUT2D eigenvalue weighted by Crippen LogP contribution is -2.30. The highest BCUT2D eigenvalue weighted by atomic mass is 35.5. The topological polar surface area (TPSA) is 83.1 Å². The molecule has 8 heteroatoms. The molecule has 0 bridgehead atoms. The van der Waals surface area contributed by atoms with Gasteiger partial charge in [0, 0.05) is 10.7 Å². The van der Waals surface area contributed by atoms with Crippen molar-refractivity contribution < 1.29 is 28.5 Å². The van der Waals surface area contributed by atoms with Crippen molar-refractivity contribution in [2.45, 2.75) is 20.0 Å². The van der Waals surface area contributed by atoms with Crippen LogP contribution in [0.25, 0.3) is 0 Å². The average Bonchev–Trinajstić information content (AvgIpc) is 2.68. The summed E-state index contributed by atoms with van der Waals surface area (Å²) < 4.78 is 21.0. The third kappa shape index (κ3) is 4.67. The molecule has 0 saturated carbocycles. The molecule has 2 aromatic carbocycles. The third-order valence-corrected chi connectivity index (χ3v) is 4.27. The van der Waals surface area contributed by atoms with Crippen LogP contribution in [-0.2, 0) is 9.53 Å². The monoisotopic (exact) mass is 407 g/mol. The predicted octanol–water partition coefficient (Wildman–Crippen LogP) is 3.86. The van der Waals surface area contributed by atoms with Gasteiger partial charge >= 0.3 is 5.97 Å². The molecule has 1 atom stereocenters. The van der Waals surface area contributed by atoms with Gasteiger partial charge < -0.3 is 24.3 Å². The third-order valence-electron chi connectivity index (χ3n) is 4.03. The van der Waals surface area contributed by atoms with Crippen molar-refractivity contribution in [2.75, 3.05) is 26.6 Å². The van der Waals surface area contributed by atoms with Gasteiger partial charge in [0.1, 0.15) is 5.56 Å². The number of aryl methyl sites for hydroxylation is 1. The Morgan fingerprint density at radius 1 is 1.00 bits per heavy atom. The molecule has 2 rings (SSSR count). The zero-order valence-corrected chi connectivity index (χ0v) is 17.0. The molecule has 0 radical (unpaired) electrons. The molecule has 1 unspecified atom stereocenters. The summed E-state index contributed by atoms with van der Waals surface area (Å²) in [5.74, 6) is -0.407. The van der Waals surface area contributed by atoms with Gasteiger partial charge in [-0.25, -0.2) is 4.79 Å².